The topological polar surface area (TPSA) is 111 Å². The molecule has 1 fully saturated rings. The molecule has 2 heterocycles. The van der Waals surface area contributed by atoms with Crippen molar-refractivity contribution >= 4 is 32.7 Å². The highest BCUT2D eigenvalue weighted by molar-refractivity contribution is 7.91. The van der Waals surface area contributed by atoms with Crippen molar-refractivity contribution in [2.24, 2.45) is 0 Å². The van der Waals surface area contributed by atoms with Crippen molar-refractivity contribution in [2.45, 2.75) is 26.3 Å². The van der Waals surface area contributed by atoms with E-state index in [1.165, 1.54) is 4.90 Å². The first kappa shape index (κ1) is 20.1. The third-order valence-electron chi connectivity index (χ3n) is 4.72. The molecule has 0 aliphatic carbocycles. The van der Waals surface area contributed by atoms with E-state index < -0.39 is 34.4 Å². The number of fused-ring (bicyclic) bond motifs is 1. The van der Waals surface area contributed by atoms with Crippen LogP contribution in [0.15, 0.2) is 33.5 Å². The number of hydrogen-bond acceptors (Lipinski definition) is 7. The van der Waals surface area contributed by atoms with Crippen LogP contribution in [0.25, 0.3) is 11.0 Å². The molecule has 1 aliphatic heterocycles. The van der Waals surface area contributed by atoms with Crippen molar-refractivity contribution in [3.8, 4) is 0 Å². The number of esters is 1. The fourth-order valence-corrected chi connectivity index (χ4v) is 5.04. The van der Waals surface area contributed by atoms with Gasteiger partial charge in [0.25, 0.3) is 5.91 Å². The van der Waals surface area contributed by atoms with Gasteiger partial charge in [-0.15, -0.1) is 0 Å². The van der Waals surface area contributed by atoms with Gasteiger partial charge in [-0.05, 0) is 32.4 Å². The Morgan fingerprint density at radius 3 is 2.68 bits per heavy atom. The summed E-state index contributed by atoms with van der Waals surface area (Å²) in [7, 11) is -3.14. The zero-order valence-corrected chi connectivity index (χ0v) is 16.5. The summed E-state index contributed by atoms with van der Waals surface area (Å²) < 4.78 is 33.7. The molecule has 1 aliphatic rings. The largest absolute Gasteiger partial charge is 0.450 e. The fraction of sp³-hybridized carbons (Fsp3) is 0.421. The SMILES string of the molecule is CCN(C(=O)COC(=O)c1cc(=O)c2cc(C)ccc2o1)[C@@H]1CCS(=O)(=O)C1. The lowest BCUT2D eigenvalue weighted by Gasteiger charge is -2.26. The molecule has 0 unspecified atom stereocenters. The Hall–Kier alpha value is -2.68. The highest BCUT2D eigenvalue weighted by Crippen LogP contribution is 2.18. The Bertz CT molecular complexity index is 1090. The zero-order chi connectivity index (χ0) is 20.5. The first-order chi connectivity index (χ1) is 13.2. The standard InChI is InChI=1S/C19H21NO7S/c1-3-20(13-6-7-28(24,25)11-13)18(22)10-26-19(23)17-9-15(21)14-8-12(2)4-5-16(14)27-17/h4-5,8-9,13H,3,6-7,10-11H2,1-2H3/t13-/m1/s1. The van der Waals surface area contributed by atoms with Gasteiger partial charge in [-0.25, -0.2) is 13.2 Å². The molecule has 0 spiro atoms. The molecule has 28 heavy (non-hydrogen) atoms. The Morgan fingerprint density at radius 2 is 2.04 bits per heavy atom. The molecule has 1 saturated heterocycles. The third-order valence-corrected chi connectivity index (χ3v) is 6.47. The number of aryl methyl sites for hydroxylation is 1. The number of likely N-dealkylation sites (N-methyl/N-ethyl adjacent to an activating group) is 1. The molecule has 0 radical (unpaired) electrons. The van der Waals surface area contributed by atoms with Gasteiger partial charge in [0.05, 0.1) is 16.9 Å². The lowest BCUT2D eigenvalue weighted by Crippen LogP contribution is -2.43. The quantitative estimate of drug-likeness (QED) is 0.687. The van der Waals surface area contributed by atoms with Crippen LogP contribution < -0.4 is 5.43 Å². The molecule has 1 aromatic carbocycles. The van der Waals surface area contributed by atoms with Crippen molar-refractivity contribution in [3.05, 3.63) is 45.8 Å². The molecular formula is C19H21NO7S. The van der Waals surface area contributed by atoms with Gasteiger partial charge in [0.15, 0.2) is 21.9 Å². The van der Waals surface area contributed by atoms with Gasteiger partial charge in [0.1, 0.15) is 5.58 Å². The normalized spacial score (nSPS) is 18.1. The molecule has 8 nitrogen and oxygen atoms in total. The number of hydrogen-bond donors (Lipinski definition) is 0. The number of rotatable bonds is 5. The fourth-order valence-electron chi connectivity index (χ4n) is 3.31. The van der Waals surface area contributed by atoms with Gasteiger partial charge >= 0.3 is 5.97 Å². The van der Waals surface area contributed by atoms with Crippen molar-refractivity contribution in [3.63, 3.8) is 0 Å². The molecule has 1 atom stereocenters. The number of carbonyl (C=O) groups excluding carboxylic acids is 2. The first-order valence-electron chi connectivity index (χ1n) is 8.91. The Kier molecular flexibility index (Phi) is 5.55. The van der Waals surface area contributed by atoms with E-state index in [2.05, 4.69) is 0 Å². The van der Waals surface area contributed by atoms with E-state index in [-0.39, 0.29) is 28.3 Å². The van der Waals surface area contributed by atoms with Gasteiger partial charge in [0.2, 0.25) is 5.76 Å². The first-order valence-corrected chi connectivity index (χ1v) is 10.7. The van der Waals surface area contributed by atoms with E-state index in [9.17, 15) is 22.8 Å². The van der Waals surface area contributed by atoms with Gasteiger partial charge in [-0.1, -0.05) is 11.6 Å². The van der Waals surface area contributed by atoms with Crippen LogP contribution in [0, 0.1) is 6.92 Å². The van der Waals surface area contributed by atoms with E-state index in [1.54, 1.807) is 25.1 Å². The maximum atomic E-state index is 12.4. The minimum Gasteiger partial charge on any atom is -0.450 e. The van der Waals surface area contributed by atoms with Crippen LogP contribution in [0.1, 0.15) is 29.5 Å². The average molecular weight is 407 g/mol. The predicted molar refractivity (Wildman–Crippen MR) is 102 cm³/mol. The van der Waals surface area contributed by atoms with Crippen LogP contribution in [0.4, 0.5) is 0 Å². The monoisotopic (exact) mass is 407 g/mol. The highest BCUT2D eigenvalue weighted by Gasteiger charge is 2.34. The molecule has 0 bridgehead atoms. The van der Waals surface area contributed by atoms with Gasteiger partial charge < -0.3 is 14.1 Å². The minimum atomic E-state index is -3.14. The van der Waals surface area contributed by atoms with Gasteiger partial charge in [-0.3, -0.25) is 9.59 Å². The molecule has 1 amide bonds. The highest BCUT2D eigenvalue weighted by atomic mass is 32.2. The number of nitrogens with zero attached hydrogens (tertiary/aromatic N) is 1. The maximum Gasteiger partial charge on any atom is 0.374 e. The van der Waals surface area contributed by atoms with E-state index in [0.29, 0.717) is 18.4 Å². The number of benzene rings is 1. The lowest BCUT2D eigenvalue weighted by molar-refractivity contribution is -0.136. The second kappa shape index (κ2) is 7.75. The summed E-state index contributed by atoms with van der Waals surface area (Å²) in [5, 5.41) is 0.354. The summed E-state index contributed by atoms with van der Waals surface area (Å²) >= 11 is 0. The van der Waals surface area contributed by atoms with E-state index in [1.807, 2.05) is 6.92 Å². The molecule has 0 saturated carbocycles. The van der Waals surface area contributed by atoms with Crippen molar-refractivity contribution in [1.82, 2.24) is 4.90 Å². The summed E-state index contributed by atoms with van der Waals surface area (Å²) in [6.45, 7) is 3.32. The molecule has 3 rings (SSSR count). The number of sulfone groups is 1. The van der Waals surface area contributed by atoms with Crippen LogP contribution in [-0.2, 0) is 19.4 Å². The molecule has 0 N–H and O–H groups in total. The van der Waals surface area contributed by atoms with Crippen molar-refractivity contribution in [2.75, 3.05) is 24.7 Å². The van der Waals surface area contributed by atoms with E-state index >= 15 is 0 Å². The number of carbonyl (C=O) groups is 2. The van der Waals surface area contributed by atoms with Crippen LogP contribution in [0.3, 0.4) is 0 Å². The Balaban J connectivity index is 1.69. The number of amides is 1. The predicted octanol–water partition coefficient (Wildman–Crippen LogP) is 1.29. The molecule has 2 aromatic rings. The lowest BCUT2D eigenvalue weighted by atomic mass is 10.1. The summed E-state index contributed by atoms with van der Waals surface area (Å²) in [6, 6.07) is 5.62. The van der Waals surface area contributed by atoms with Crippen LogP contribution in [0.2, 0.25) is 0 Å². The minimum absolute atomic E-state index is 0.0446. The summed E-state index contributed by atoms with van der Waals surface area (Å²) in [5.41, 5.74) is 0.756. The summed E-state index contributed by atoms with van der Waals surface area (Å²) in [6.07, 6.45) is 0.370. The van der Waals surface area contributed by atoms with Crippen LogP contribution in [-0.4, -0.2) is 55.9 Å². The summed E-state index contributed by atoms with van der Waals surface area (Å²) in [4.78, 5) is 38.2. The van der Waals surface area contributed by atoms with Crippen LogP contribution in [0.5, 0.6) is 0 Å². The Labute approximate surface area is 162 Å². The van der Waals surface area contributed by atoms with E-state index in [4.69, 9.17) is 9.15 Å². The Morgan fingerprint density at radius 1 is 1.29 bits per heavy atom. The summed E-state index contributed by atoms with van der Waals surface area (Å²) in [5.74, 6) is -1.75. The van der Waals surface area contributed by atoms with Crippen molar-refractivity contribution in [1.29, 1.82) is 0 Å². The third kappa shape index (κ3) is 4.24. The van der Waals surface area contributed by atoms with Gasteiger partial charge in [-0.2, -0.15) is 0 Å². The number of ether oxygens (including phenoxy) is 1. The van der Waals surface area contributed by atoms with Crippen molar-refractivity contribution < 1.29 is 27.2 Å². The van der Waals surface area contributed by atoms with Gasteiger partial charge in [0, 0.05) is 18.7 Å². The maximum absolute atomic E-state index is 12.4. The second-order valence-corrected chi connectivity index (χ2v) is 9.02. The molecule has 1 aromatic heterocycles. The van der Waals surface area contributed by atoms with Crippen LogP contribution >= 0.6 is 0 Å². The smallest absolute Gasteiger partial charge is 0.374 e. The average Bonchev–Trinajstić information content (AvgIpc) is 3.00. The second-order valence-electron chi connectivity index (χ2n) is 6.79. The molecule has 9 heteroatoms. The van der Waals surface area contributed by atoms with E-state index in [0.717, 1.165) is 11.6 Å². The molecular weight excluding hydrogens is 386 g/mol. The zero-order valence-electron chi connectivity index (χ0n) is 15.6. The molecule has 150 valence electrons.